The summed E-state index contributed by atoms with van der Waals surface area (Å²) in [6.45, 7) is 1.38. The SMILES string of the molecule is CC(=O)SCC(O)C(O)c1c(Cl)cc(N)cc1Cl. The van der Waals surface area contributed by atoms with Crippen molar-refractivity contribution in [3.63, 3.8) is 0 Å². The van der Waals surface area contributed by atoms with Crippen molar-refractivity contribution in [2.75, 3.05) is 11.5 Å². The first-order valence-electron chi connectivity index (χ1n) is 5.06. The van der Waals surface area contributed by atoms with E-state index < -0.39 is 12.2 Å². The van der Waals surface area contributed by atoms with Gasteiger partial charge in [-0.1, -0.05) is 35.0 Å². The molecular weight excluding hydrogens is 297 g/mol. The molecule has 4 nitrogen and oxygen atoms in total. The number of nitrogen functional groups attached to an aromatic ring is 1. The van der Waals surface area contributed by atoms with E-state index in [1.54, 1.807) is 0 Å². The second-order valence-corrected chi connectivity index (χ2v) is 5.72. The molecule has 100 valence electrons. The Bertz CT molecular complexity index is 433. The maximum absolute atomic E-state index is 10.8. The molecule has 0 bridgehead atoms. The van der Waals surface area contributed by atoms with Gasteiger partial charge in [-0.3, -0.25) is 4.79 Å². The van der Waals surface area contributed by atoms with Gasteiger partial charge in [0.2, 0.25) is 0 Å². The second kappa shape index (κ2) is 6.63. The Labute approximate surface area is 119 Å². The lowest BCUT2D eigenvalue weighted by Crippen LogP contribution is -2.22. The van der Waals surface area contributed by atoms with Gasteiger partial charge in [0.05, 0.1) is 6.10 Å². The minimum absolute atomic E-state index is 0.0630. The predicted molar refractivity (Wildman–Crippen MR) is 75.0 cm³/mol. The van der Waals surface area contributed by atoms with Gasteiger partial charge in [-0.15, -0.1) is 0 Å². The molecule has 0 aliphatic carbocycles. The molecule has 0 aliphatic rings. The summed E-state index contributed by atoms with van der Waals surface area (Å²) in [7, 11) is 0. The summed E-state index contributed by atoms with van der Waals surface area (Å²) in [5, 5.41) is 20.0. The number of aliphatic hydroxyl groups excluding tert-OH is 2. The second-order valence-electron chi connectivity index (χ2n) is 3.71. The molecule has 1 aromatic carbocycles. The van der Waals surface area contributed by atoms with Gasteiger partial charge >= 0.3 is 0 Å². The molecule has 1 aromatic rings. The minimum Gasteiger partial charge on any atom is -0.399 e. The molecule has 0 fully saturated rings. The summed E-state index contributed by atoms with van der Waals surface area (Å²) in [5.74, 6) is 0.0630. The van der Waals surface area contributed by atoms with Crippen molar-refractivity contribution in [3.05, 3.63) is 27.7 Å². The zero-order valence-corrected chi connectivity index (χ0v) is 11.9. The number of nitrogens with two attached hydrogens (primary N) is 1. The van der Waals surface area contributed by atoms with Gasteiger partial charge in [-0.05, 0) is 12.1 Å². The standard InChI is InChI=1S/C11H13Cl2NO3S/c1-5(15)18-4-9(16)11(17)10-7(12)2-6(14)3-8(10)13/h2-3,9,11,16-17H,4,14H2,1H3. The van der Waals surface area contributed by atoms with Crippen molar-refractivity contribution >= 4 is 45.8 Å². The normalized spacial score (nSPS) is 14.3. The third-order valence-corrected chi connectivity index (χ3v) is 3.76. The highest BCUT2D eigenvalue weighted by Gasteiger charge is 2.24. The monoisotopic (exact) mass is 309 g/mol. The van der Waals surface area contributed by atoms with Crippen molar-refractivity contribution < 1.29 is 15.0 Å². The molecule has 4 N–H and O–H groups in total. The molecule has 0 saturated heterocycles. The fourth-order valence-corrected chi connectivity index (χ4v) is 2.69. The fraction of sp³-hybridized carbons (Fsp3) is 0.364. The van der Waals surface area contributed by atoms with Crippen LogP contribution in [0.5, 0.6) is 0 Å². The lowest BCUT2D eigenvalue weighted by Gasteiger charge is -2.20. The highest BCUT2D eigenvalue weighted by Crippen LogP contribution is 2.34. The van der Waals surface area contributed by atoms with E-state index in [1.807, 2.05) is 0 Å². The number of aliphatic hydroxyl groups is 2. The average Bonchev–Trinajstić information content (AvgIpc) is 2.24. The molecule has 0 aromatic heterocycles. The smallest absolute Gasteiger partial charge is 0.185 e. The number of rotatable bonds is 4. The zero-order chi connectivity index (χ0) is 13.9. The predicted octanol–water partition coefficient (Wildman–Crippen LogP) is 2.25. The van der Waals surface area contributed by atoms with Crippen LogP contribution in [0.15, 0.2) is 12.1 Å². The Morgan fingerprint density at radius 3 is 2.33 bits per heavy atom. The van der Waals surface area contributed by atoms with Crippen LogP contribution in [0.4, 0.5) is 5.69 Å². The first-order chi connectivity index (χ1) is 8.32. The van der Waals surface area contributed by atoms with Crippen molar-refractivity contribution in [2.45, 2.75) is 19.1 Å². The first-order valence-corrected chi connectivity index (χ1v) is 6.81. The van der Waals surface area contributed by atoms with Gasteiger partial charge in [0.15, 0.2) is 5.12 Å². The van der Waals surface area contributed by atoms with Gasteiger partial charge in [-0.2, -0.15) is 0 Å². The van der Waals surface area contributed by atoms with Crippen molar-refractivity contribution in [1.29, 1.82) is 0 Å². The number of benzene rings is 1. The number of hydrogen-bond donors (Lipinski definition) is 3. The summed E-state index contributed by atoms with van der Waals surface area (Å²) < 4.78 is 0. The Kier molecular flexibility index (Phi) is 5.75. The molecular formula is C11H13Cl2NO3S. The maximum Gasteiger partial charge on any atom is 0.185 e. The third-order valence-electron chi connectivity index (χ3n) is 2.22. The molecule has 7 heteroatoms. The van der Waals surface area contributed by atoms with Crippen LogP contribution >= 0.6 is 35.0 Å². The quantitative estimate of drug-likeness (QED) is 0.743. The molecule has 0 amide bonds. The molecule has 0 saturated carbocycles. The number of anilines is 1. The molecule has 0 heterocycles. The molecule has 18 heavy (non-hydrogen) atoms. The number of carbonyl (C=O) groups excluding carboxylic acids is 1. The summed E-state index contributed by atoms with van der Waals surface area (Å²) >= 11 is 12.8. The molecule has 0 aliphatic heterocycles. The van der Waals surface area contributed by atoms with Gasteiger partial charge in [0.25, 0.3) is 0 Å². The molecule has 0 spiro atoms. The fourth-order valence-electron chi connectivity index (χ4n) is 1.37. The van der Waals surface area contributed by atoms with Crippen LogP contribution in [0, 0.1) is 0 Å². The number of hydrogen-bond acceptors (Lipinski definition) is 5. The Hall–Kier alpha value is -0.460. The van der Waals surface area contributed by atoms with E-state index in [9.17, 15) is 15.0 Å². The third kappa shape index (κ3) is 4.03. The average molecular weight is 310 g/mol. The van der Waals surface area contributed by atoms with E-state index >= 15 is 0 Å². The number of halogens is 2. The van der Waals surface area contributed by atoms with E-state index in [0.717, 1.165) is 11.8 Å². The van der Waals surface area contributed by atoms with Crippen LogP contribution in [0.25, 0.3) is 0 Å². The van der Waals surface area contributed by atoms with Crippen molar-refractivity contribution in [3.8, 4) is 0 Å². The van der Waals surface area contributed by atoms with E-state index in [4.69, 9.17) is 28.9 Å². The van der Waals surface area contributed by atoms with Crippen LogP contribution in [-0.2, 0) is 4.79 Å². The molecule has 2 unspecified atom stereocenters. The summed E-state index contributed by atoms with van der Waals surface area (Å²) in [6, 6.07) is 2.88. The van der Waals surface area contributed by atoms with E-state index in [1.165, 1.54) is 19.1 Å². The molecule has 2 atom stereocenters. The Morgan fingerprint density at radius 1 is 1.39 bits per heavy atom. The van der Waals surface area contributed by atoms with E-state index in [0.29, 0.717) is 5.69 Å². The summed E-state index contributed by atoms with van der Waals surface area (Å²) in [5.41, 5.74) is 6.12. The van der Waals surface area contributed by atoms with E-state index in [-0.39, 0.29) is 26.5 Å². The minimum atomic E-state index is -1.27. The van der Waals surface area contributed by atoms with Crippen LogP contribution in [0.1, 0.15) is 18.6 Å². The van der Waals surface area contributed by atoms with Crippen LogP contribution in [-0.4, -0.2) is 27.2 Å². The zero-order valence-electron chi connectivity index (χ0n) is 9.56. The van der Waals surface area contributed by atoms with Gasteiger partial charge in [-0.25, -0.2) is 0 Å². The van der Waals surface area contributed by atoms with Crippen molar-refractivity contribution in [1.82, 2.24) is 0 Å². The number of thioether (sulfide) groups is 1. The topological polar surface area (TPSA) is 83.5 Å². The van der Waals surface area contributed by atoms with Gasteiger partial charge in [0, 0.05) is 34.0 Å². The van der Waals surface area contributed by atoms with Crippen LogP contribution < -0.4 is 5.73 Å². The van der Waals surface area contributed by atoms with Gasteiger partial charge < -0.3 is 15.9 Å². The lowest BCUT2D eigenvalue weighted by atomic mass is 10.0. The highest BCUT2D eigenvalue weighted by atomic mass is 35.5. The Morgan fingerprint density at radius 2 is 1.89 bits per heavy atom. The van der Waals surface area contributed by atoms with E-state index in [2.05, 4.69) is 0 Å². The number of carbonyl (C=O) groups is 1. The maximum atomic E-state index is 10.8. The van der Waals surface area contributed by atoms with Gasteiger partial charge in [0.1, 0.15) is 6.10 Å². The first kappa shape index (κ1) is 15.6. The largest absolute Gasteiger partial charge is 0.399 e. The van der Waals surface area contributed by atoms with Crippen LogP contribution in [0.3, 0.4) is 0 Å². The lowest BCUT2D eigenvalue weighted by molar-refractivity contribution is -0.109. The van der Waals surface area contributed by atoms with Crippen molar-refractivity contribution in [2.24, 2.45) is 0 Å². The van der Waals surface area contributed by atoms with Crippen LogP contribution in [0.2, 0.25) is 10.0 Å². The molecule has 0 radical (unpaired) electrons. The molecule has 1 rings (SSSR count). The summed E-state index contributed by atoms with van der Waals surface area (Å²) in [6.07, 6.45) is -2.41. The highest BCUT2D eigenvalue weighted by molar-refractivity contribution is 8.13. The Balaban J connectivity index is 2.89. The summed E-state index contributed by atoms with van der Waals surface area (Å²) in [4.78, 5) is 10.8.